The number of carbonyl (C=O) groups excluding carboxylic acids is 3. The maximum Gasteiger partial charge on any atom is 0.342 e. The van der Waals surface area contributed by atoms with Crippen LogP contribution in [-0.2, 0) is 23.9 Å². The highest BCUT2D eigenvalue weighted by Gasteiger charge is 2.73. The molecular formula is C16H15NO5. The number of nitrogens with two attached hydrogens (primary N) is 1. The zero-order valence-corrected chi connectivity index (χ0v) is 12.0. The lowest BCUT2D eigenvalue weighted by atomic mass is 9.82. The van der Waals surface area contributed by atoms with Crippen molar-refractivity contribution < 1.29 is 23.9 Å². The van der Waals surface area contributed by atoms with E-state index in [-0.39, 0.29) is 17.1 Å². The zero-order chi connectivity index (χ0) is 15.6. The van der Waals surface area contributed by atoms with Gasteiger partial charge in [-0.05, 0) is 26.2 Å². The van der Waals surface area contributed by atoms with Gasteiger partial charge in [0, 0.05) is 11.6 Å². The molecule has 2 aliphatic carbocycles. The van der Waals surface area contributed by atoms with Crippen LogP contribution in [-0.4, -0.2) is 35.3 Å². The first-order valence-corrected chi connectivity index (χ1v) is 7.28. The molecule has 0 aromatic heterocycles. The van der Waals surface area contributed by atoms with E-state index in [0.717, 1.165) is 11.6 Å². The van der Waals surface area contributed by atoms with Crippen LogP contribution < -0.4 is 5.73 Å². The molecule has 0 amide bonds. The van der Waals surface area contributed by atoms with Crippen molar-refractivity contribution in [2.75, 3.05) is 0 Å². The molecule has 0 aromatic carbocycles. The summed E-state index contributed by atoms with van der Waals surface area (Å²) < 4.78 is 11.0. The third-order valence-corrected chi connectivity index (χ3v) is 4.76. The van der Waals surface area contributed by atoms with E-state index in [2.05, 4.69) is 0 Å². The average Bonchev–Trinajstić information content (AvgIpc) is 3.12. The summed E-state index contributed by atoms with van der Waals surface area (Å²) >= 11 is 0. The summed E-state index contributed by atoms with van der Waals surface area (Å²) in [5.74, 6) is -1.18. The highest BCUT2D eigenvalue weighted by Crippen LogP contribution is 2.53. The monoisotopic (exact) mass is 301 g/mol. The molecule has 2 heterocycles. The van der Waals surface area contributed by atoms with Gasteiger partial charge in [0.2, 0.25) is 5.78 Å². The van der Waals surface area contributed by atoms with Crippen LogP contribution in [0.4, 0.5) is 0 Å². The van der Waals surface area contributed by atoms with Crippen molar-refractivity contribution in [1.82, 2.24) is 0 Å². The van der Waals surface area contributed by atoms with Gasteiger partial charge < -0.3 is 15.2 Å². The number of carbonyl (C=O) groups is 3. The van der Waals surface area contributed by atoms with Crippen molar-refractivity contribution >= 4 is 17.5 Å². The lowest BCUT2D eigenvalue weighted by Crippen LogP contribution is -2.33. The fraction of sp³-hybridized carbons (Fsp3) is 0.438. The Morgan fingerprint density at radius 2 is 2.09 bits per heavy atom. The summed E-state index contributed by atoms with van der Waals surface area (Å²) in [5, 5.41) is 0. The number of ether oxygens (including phenoxy) is 2. The fourth-order valence-corrected chi connectivity index (χ4v) is 3.54. The molecule has 6 heteroatoms. The van der Waals surface area contributed by atoms with Gasteiger partial charge in [0.25, 0.3) is 0 Å². The average molecular weight is 301 g/mol. The molecule has 114 valence electrons. The second kappa shape index (κ2) is 4.16. The number of Topliss-reactive ketones (excluding diaryl/α,β-unsaturated/α-hetero) is 1. The Morgan fingerprint density at radius 1 is 1.32 bits per heavy atom. The molecule has 6 nitrogen and oxygen atoms in total. The summed E-state index contributed by atoms with van der Waals surface area (Å²) in [6.45, 7) is 1.90. The Kier molecular flexibility index (Phi) is 2.55. The van der Waals surface area contributed by atoms with Crippen LogP contribution in [0.3, 0.4) is 0 Å². The summed E-state index contributed by atoms with van der Waals surface area (Å²) in [6.07, 6.45) is 3.38. The van der Waals surface area contributed by atoms with E-state index in [1.807, 2.05) is 13.0 Å². The van der Waals surface area contributed by atoms with E-state index in [0.29, 0.717) is 24.8 Å². The summed E-state index contributed by atoms with van der Waals surface area (Å²) in [4.78, 5) is 36.9. The molecule has 3 atom stereocenters. The molecule has 2 fully saturated rings. The minimum Gasteiger partial charge on any atom is -0.452 e. The summed E-state index contributed by atoms with van der Waals surface area (Å²) in [6, 6.07) is 0. The lowest BCUT2D eigenvalue weighted by Gasteiger charge is -2.22. The van der Waals surface area contributed by atoms with Gasteiger partial charge in [0.15, 0.2) is 17.5 Å². The summed E-state index contributed by atoms with van der Waals surface area (Å²) in [7, 11) is 0. The number of ketones is 2. The van der Waals surface area contributed by atoms with E-state index in [9.17, 15) is 14.4 Å². The first kappa shape index (κ1) is 13.5. The molecule has 0 spiro atoms. The van der Waals surface area contributed by atoms with E-state index in [1.165, 1.54) is 0 Å². The molecule has 4 aliphatic rings. The Labute approximate surface area is 126 Å². The maximum absolute atomic E-state index is 12.5. The van der Waals surface area contributed by atoms with Gasteiger partial charge in [-0.3, -0.25) is 9.59 Å². The van der Waals surface area contributed by atoms with E-state index >= 15 is 0 Å². The lowest BCUT2D eigenvalue weighted by molar-refractivity contribution is -0.152. The van der Waals surface area contributed by atoms with Crippen LogP contribution in [0.25, 0.3) is 0 Å². The molecule has 22 heavy (non-hydrogen) atoms. The minimum absolute atomic E-state index is 0.114. The quantitative estimate of drug-likeness (QED) is 0.302. The normalized spacial score (nSPS) is 39.4. The van der Waals surface area contributed by atoms with Crippen LogP contribution in [0.2, 0.25) is 0 Å². The first-order valence-electron chi connectivity index (χ1n) is 7.28. The second-order valence-electron chi connectivity index (χ2n) is 6.21. The molecule has 2 N–H and O–H groups in total. The van der Waals surface area contributed by atoms with Gasteiger partial charge in [-0.15, -0.1) is 0 Å². The SMILES string of the molecule is C/C1=C/CC[C@@]23O[C@@H]2[C@H](OC3=O)C2=C(C1)C(=O)C=C(N)C2=O. The van der Waals surface area contributed by atoms with Crippen LogP contribution in [0.1, 0.15) is 26.2 Å². The number of epoxide rings is 1. The van der Waals surface area contributed by atoms with Crippen LogP contribution in [0.5, 0.6) is 0 Å². The predicted octanol–water partition coefficient (Wildman–Crippen LogP) is 0.471. The number of rotatable bonds is 0. The molecule has 0 aromatic rings. The molecule has 2 bridgehead atoms. The molecular weight excluding hydrogens is 286 g/mol. The third-order valence-electron chi connectivity index (χ3n) is 4.76. The van der Waals surface area contributed by atoms with Gasteiger partial charge in [-0.1, -0.05) is 11.6 Å². The molecule has 2 saturated heterocycles. The number of allylic oxidation sites excluding steroid dienone is 5. The fourth-order valence-electron chi connectivity index (χ4n) is 3.54. The second-order valence-corrected chi connectivity index (χ2v) is 6.21. The maximum atomic E-state index is 12.5. The van der Waals surface area contributed by atoms with E-state index in [4.69, 9.17) is 15.2 Å². The molecule has 0 unspecified atom stereocenters. The van der Waals surface area contributed by atoms with Crippen molar-refractivity contribution in [2.45, 2.75) is 44.0 Å². The summed E-state index contributed by atoms with van der Waals surface area (Å²) in [5.41, 5.74) is 6.12. The molecule has 4 rings (SSSR count). The largest absolute Gasteiger partial charge is 0.452 e. The van der Waals surface area contributed by atoms with Crippen molar-refractivity contribution in [3.05, 3.63) is 34.6 Å². The molecule has 2 aliphatic heterocycles. The minimum atomic E-state index is -0.948. The van der Waals surface area contributed by atoms with Gasteiger partial charge in [-0.2, -0.15) is 0 Å². The van der Waals surface area contributed by atoms with Crippen LogP contribution >= 0.6 is 0 Å². The van der Waals surface area contributed by atoms with Crippen molar-refractivity contribution in [3.63, 3.8) is 0 Å². The van der Waals surface area contributed by atoms with Crippen LogP contribution in [0.15, 0.2) is 34.6 Å². The van der Waals surface area contributed by atoms with E-state index < -0.39 is 29.6 Å². The first-order chi connectivity index (χ1) is 10.4. The van der Waals surface area contributed by atoms with Crippen molar-refractivity contribution in [2.24, 2.45) is 5.73 Å². The molecule has 0 saturated carbocycles. The smallest absolute Gasteiger partial charge is 0.342 e. The number of fused-ring (bicyclic) bond motifs is 1. The Balaban J connectivity index is 1.88. The van der Waals surface area contributed by atoms with Gasteiger partial charge >= 0.3 is 5.97 Å². The van der Waals surface area contributed by atoms with E-state index in [1.54, 1.807) is 0 Å². The molecule has 0 radical (unpaired) electrons. The van der Waals surface area contributed by atoms with Gasteiger partial charge in [0.1, 0.15) is 6.10 Å². The van der Waals surface area contributed by atoms with Crippen molar-refractivity contribution in [3.8, 4) is 0 Å². The zero-order valence-electron chi connectivity index (χ0n) is 12.0. The highest BCUT2D eigenvalue weighted by atomic mass is 16.7. The number of hydrogen-bond donors (Lipinski definition) is 1. The topological polar surface area (TPSA) is 99.0 Å². The Morgan fingerprint density at radius 3 is 2.82 bits per heavy atom. The van der Waals surface area contributed by atoms with Gasteiger partial charge in [-0.25, -0.2) is 4.79 Å². The number of hydrogen-bond acceptors (Lipinski definition) is 6. The highest BCUT2D eigenvalue weighted by molar-refractivity contribution is 6.23. The Bertz CT molecular complexity index is 729. The Hall–Kier alpha value is -2.21. The predicted molar refractivity (Wildman–Crippen MR) is 74.4 cm³/mol. The third kappa shape index (κ3) is 1.61. The number of esters is 1. The van der Waals surface area contributed by atoms with Crippen molar-refractivity contribution in [1.29, 1.82) is 0 Å². The van der Waals surface area contributed by atoms with Gasteiger partial charge in [0.05, 0.1) is 11.3 Å². The standard InChI is InChI=1S/C16H15NO5/c1-7-3-2-4-16-14(22-16)13(21-15(16)20)11-8(5-7)10(18)6-9(17)12(11)19/h3,6,13-14H,2,4-5,17H2,1H3/b7-3-/t13-,14-,16-/m1/s1. The van der Waals surface area contributed by atoms with Crippen LogP contribution in [0, 0.1) is 0 Å².